The number of para-hydroxylation sites is 1. The third kappa shape index (κ3) is 4.88. The zero-order chi connectivity index (χ0) is 23.5. The Hall–Kier alpha value is -3.49. The molecule has 0 amide bonds. The number of hydrogen-bond acceptors (Lipinski definition) is 6. The second kappa shape index (κ2) is 9.79. The molecule has 172 valence electrons. The Kier molecular flexibility index (Phi) is 6.42. The van der Waals surface area contributed by atoms with E-state index in [2.05, 4.69) is 25.9 Å². The fourth-order valence-corrected chi connectivity index (χ4v) is 4.42. The summed E-state index contributed by atoms with van der Waals surface area (Å²) in [4.78, 5) is 31.8. The van der Waals surface area contributed by atoms with Crippen LogP contribution in [0.5, 0.6) is 5.75 Å². The number of aromatic nitrogens is 2. The largest absolute Gasteiger partial charge is 0.461 e. The number of hydrogen-bond donors (Lipinski definition) is 1. The van der Waals surface area contributed by atoms with Crippen molar-refractivity contribution < 1.29 is 19.0 Å². The third-order valence-corrected chi connectivity index (χ3v) is 5.97. The topological polar surface area (TPSA) is 90.5 Å². The average Bonchev–Trinajstić information content (AvgIpc) is 2.86. The standard InChI is InChI=1S/C26H21BrN2O5/c27-19-12-17(24-18(13-19)15-33-26(34-24)16-6-2-1-3-7-16)14-32-23(30)11-10-22-28-21-9-5-4-8-20(21)25(31)29-22/h1-9,12-13,26H,10-11,14-15H2,(H,28,29,31)/t26-/m1/s1. The first kappa shape index (κ1) is 22.3. The maximum Gasteiger partial charge on any atom is 0.306 e. The lowest BCUT2D eigenvalue weighted by Crippen LogP contribution is -2.19. The van der Waals surface area contributed by atoms with Gasteiger partial charge in [-0.15, -0.1) is 0 Å². The van der Waals surface area contributed by atoms with Gasteiger partial charge in [-0.3, -0.25) is 9.59 Å². The van der Waals surface area contributed by atoms with Crippen molar-refractivity contribution in [2.75, 3.05) is 0 Å². The van der Waals surface area contributed by atoms with Gasteiger partial charge in [0.05, 0.1) is 23.9 Å². The van der Waals surface area contributed by atoms with Crippen LogP contribution in [0.15, 0.2) is 76.0 Å². The Bertz CT molecular complexity index is 1400. The van der Waals surface area contributed by atoms with Crippen molar-refractivity contribution in [1.82, 2.24) is 9.97 Å². The molecule has 1 atom stereocenters. The van der Waals surface area contributed by atoms with Gasteiger partial charge in [0, 0.05) is 27.6 Å². The Labute approximate surface area is 203 Å². The summed E-state index contributed by atoms with van der Waals surface area (Å²) in [5.41, 5.74) is 2.92. The van der Waals surface area contributed by atoms with Gasteiger partial charge in [-0.2, -0.15) is 0 Å². The van der Waals surface area contributed by atoms with Crippen LogP contribution >= 0.6 is 15.9 Å². The number of nitrogens with one attached hydrogen (secondary N) is 1. The minimum Gasteiger partial charge on any atom is -0.461 e. The highest BCUT2D eigenvalue weighted by Crippen LogP contribution is 2.38. The quantitative estimate of drug-likeness (QED) is 0.361. The Balaban J connectivity index is 1.25. The number of carbonyl (C=O) groups excluding carboxylic acids is 1. The summed E-state index contributed by atoms with van der Waals surface area (Å²) in [5, 5.41) is 0.519. The van der Waals surface area contributed by atoms with Crippen LogP contribution in [0.2, 0.25) is 0 Å². The number of esters is 1. The predicted molar refractivity (Wildman–Crippen MR) is 129 cm³/mol. The van der Waals surface area contributed by atoms with Gasteiger partial charge >= 0.3 is 5.97 Å². The number of aryl methyl sites for hydroxylation is 1. The summed E-state index contributed by atoms with van der Waals surface area (Å²) in [6.07, 6.45) is -0.163. The SMILES string of the molecule is O=C(CCc1nc2ccccc2c(=O)[nH]1)OCc1cc(Br)cc2c1O[C@H](c1ccccc1)OC2. The zero-order valence-corrected chi connectivity index (χ0v) is 19.7. The van der Waals surface area contributed by atoms with Gasteiger partial charge in [0.25, 0.3) is 5.56 Å². The molecule has 2 heterocycles. The number of H-pyrrole nitrogens is 1. The van der Waals surface area contributed by atoms with Crippen molar-refractivity contribution in [3.05, 3.63) is 104 Å². The van der Waals surface area contributed by atoms with Crippen LogP contribution in [-0.2, 0) is 33.9 Å². The predicted octanol–water partition coefficient (Wildman–Crippen LogP) is 4.97. The first-order chi connectivity index (χ1) is 16.6. The minimum absolute atomic E-state index is 0.0593. The zero-order valence-electron chi connectivity index (χ0n) is 18.1. The van der Waals surface area contributed by atoms with Crippen molar-refractivity contribution in [3.63, 3.8) is 0 Å². The molecule has 8 heteroatoms. The third-order valence-electron chi connectivity index (χ3n) is 5.51. The number of ether oxygens (including phenoxy) is 3. The van der Waals surface area contributed by atoms with Gasteiger partial charge in [-0.25, -0.2) is 4.98 Å². The minimum atomic E-state index is -0.528. The van der Waals surface area contributed by atoms with Gasteiger partial charge < -0.3 is 19.2 Å². The van der Waals surface area contributed by atoms with E-state index >= 15 is 0 Å². The van der Waals surface area contributed by atoms with Crippen molar-refractivity contribution in [1.29, 1.82) is 0 Å². The molecule has 0 aliphatic carbocycles. The van der Waals surface area contributed by atoms with E-state index in [9.17, 15) is 9.59 Å². The molecule has 0 spiro atoms. The number of aromatic amines is 1. The summed E-state index contributed by atoms with van der Waals surface area (Å²) >= 11 is 3.50. The first-order valence-electron chi connectivity index (χ1n) is 10.8. The molecular formula is C26H21BrN2O5. The van der Waals surface area contributed by atoms with Crippen LogP contribution < -0.4 is 10.3 Å². The van der Waals surface area contributed by atoms with Crippen LogP contribution in [0.25, 0.3) is 10.9 Å². The van der Waals surface area contributed by atoms with E-state index in [1.54, 1.807) is 18.2 Å². The van der Waals surface area contributed by atoms with E-state index in [0.29, 0.717) is 29.1 Å². The molecule has 0 radical (unpaired) electrons. The second-order valence-electron chi connectivity index (χ2n) is 7.92. The van der Waals surface area contributed by atoms with Crippen LogP contribution in [-0.4, -0.2) is 15.9 Å². The second-order valence-corrected chi connectivity index (χ2v) is 8.83. The van der Waals surface area contributed by atoms with E-state index in [-0.39, 0.29) is 25.0 Å². The summed E-state index contributed by atoms with van der Waals surface area (Å²) in [5.74, 6) is 0.722. The molecule has 0 bridgehead atoms. The number of nitrogens with zero attached hydrogens (tertiary/aromatic N) is 1. The molecule has 1 aliphatic rings. The molecule has 7 nitrogen and oxygen atoms in total. The Morgan fingerprint density at radius 2 is 1.91 bits per heavy atom. The maximum atomic E-state index is 12.5. The number of carbonyl (C=O) groups is 1. The fourth-order valence-electron chi connectivity index (χ4n) is 3.86. The van der Waals surface area contributed by atoms with Crippen LogP contribution in [0.1, 0.15) is 35.2 Å². The van der Waals surface area contributed by atoms with Crippen LogP contribution in [0.3, 0.4) is 0 Å². The lowest BCUT2D eigenvalue weighted by molar-refractivity contribution is -0.145. The summed E-state index contributed by atoms with van der Waals surface area (Å²) in [6.45, 7) is 0.445. The molecule has 1 aromatic heterocycles. The van der Waals surface area contributed by atoms with Crippen molar-refractivity contribution >= 4 is 32.8 Å². The van der Waals surface area contributed by atoms with Crippen molar-refractivity contribution in [3.8, 4) is 5.75 Å². The molecule has 0 unspecified atom stereocenters. The summed E-state index contributed by atoms with van der Waals surface area (Å²) in [7, 11) is 0. The van der Waals surface area contributed by atoms with Crippen molar-refractivity contribution in [2.45, 2.75) is 32.3 Å². The molecule has 1 aliphatic heterocycles. The van der Waals surface area contributed by atoms with E-state index < -0.39 is 12.3 Å². The molecule has 34 heavy (non-hydrogen) atoms. The number of halogens is 1. The lowest BCUT2D eigenvalue weighted by Gasteiger charge is -2.28. The van der Waals surface area contributed by atoms with Gasteiger partial charge in [0.1, 0.15) is 18.2 Å². The number of fused-ring (bicyclic) bond motifs is 2. The van der Waals surface area contributed by atoms with Gasteiger partial charge in [0.15, 0.2) is 0 Å². The lowest BCUT2D eigenvalue weighted by atomic mass is 10.1. The first-order valence-corrected chi connectivity index (χ1v) is 11.6. The monoisotopic (exact) mass is 520 g/mol. The van der Waals surface area contributed by atoms with Gasteiger partial charge in [-0.05, 0) is 24.3 Å². The van der Waals surface area contributed by atoms with Crippen molar-refractivity contribution in [2.24, 2.45) is 0 Å². The average molecular weight is 521 g/mol. The van der Waals surface area contributed by atoms with E-state index in [1.807, 2.05) is 48.5 Å². The fraction of sp³-hybridized carbons (Fsp3) is 0.192. The molecule has 0 saturated heterocycles. The Morgan fingerprint density at radius 1 is 1.12 bits per heavy atom. The molecule has 1 N–H and O–H groups in total. The summed E-state index contributed by atoms with van der Waals surface area (Å²) < 4.78 is 18.4. The highest BCUT2D eigenvalue weighted by Gasteiger charge is 2.25. The van der Waals surface area contributed by atoms with Gasteiger partial charge in [-0.1, -0.05) is 58.4 Å². The maximum absolute atomic E-state index is 12.5. The van der Waals surface area contributed by atoms with Gasteiger partial charge in [0.2, 0.25) is 6.29 Å². The molecule has 0 saturated carbocycles. The smallest absolute Gasteiger partial charge is 0.306 e. The highest BCUT2D eigenvalue weighted by atomic mass is 79.9. The number of benzene rings is 3. The molecule has 5 rings (SSSR count). The van der Waals surface area contributed by atoms with E-state index in [4.69, 9.17) is 14.2 Å². The van der Waals surface area contributed by atoms with Crippen LogP contribution in [0.4, 0.5) is 0 Å². The Morgan fingerprint density at radius 3 is 2.76 bits per heavy atom. The summed E-state index contributed by atoms with van der Waals surface area (Å²) in [6, 6.07) is 20.6. The molecule has 3 aromatic carbocycles. The normalized spacial score (nSPS) is 14.9. The molecular weight excluding hydrogens is 500 g/mol. The van der Waals surface area contributed by atoms with E-state index in [1.165, 1.54) is 0 Å². The highest BCUT2D eigenvalue weighted by molar-refractivity contribution is 9.10. The van der Waals surface area contributed by atoms with Crippen LogP contribution in [0, 0.1) is 0 Å². The number of rotatable bonds is 6. The van der Waals surface area contributed by atoms with E-state index in [0.717, 1.165) is 21.2 Å². The molecule has 0 fully saturated rings. The molecule has 4 aromatic rings.